The van der Waals surface area contributed by atoms with Crippen LogP contribution in [-0.2, 0) is 25.0 Å². The predicted molar refractivity (Wildman–Crippen MR) is 82.6 cm³/mol. The van der Waals surface area contributed by atoms with E-state index in [4.69, 9.17) is 4.55 Å². The molecule has 0 aromatic heterocycles. The first-order chi connectivity index (χ1) is 9.83. The van der Waals surface area contributed by atoms with Gasteiger partial charge in [-0.15, -0.1) is 0 Å². The minimum absolute atomic E-state index is 0. The molecule has 0 aliphatic rings. The van der Waals surface area contributed by atoms with Gasteiger partial charge < -0.3 is 20.0 Å². The number of nitrogens with zero attached hydrogens (tertiary/aromatic N) is 1. The van der Waals surface area contributed by atoms with E-state index < -0.39 is 26.0 Å². The third-order valence-corrected chi connectivity index (χ3v) is 3.43. The maximum Gasteiger partial charge on any atom is 2.00 e. The maximum absolute atomic E-state index is 10.2. The van der Waals surface area contributed by atoms with Crippen molar-refractivity contribution in [2.45, 2.75) is 26.7 Å². The van der Waals surface area contributed by atoms with E-state index in [0.717, 1.165) is 0 Å². The van der Waals surface area contributed by atoms with Crippen molar-refractivity contribution in [1.82, 2.24) is 5.32 Å². The van der Waals surface area contributed by atoms with Crippen molar-refractivity contribution in [2.75, 3.05) is 24.6 Å². The normalized spacial score (nSPS) is 11.7. The second-order valence-corrected chi connectivity index (χ2v) is 7.23. The van der Waals surface area contributed by atoms with Gasteiger partial charge in [0.2, 0.25) is 5.91 Å². The molecule has 13 heteroatoms. The summed E-state index contributed by atoms with van der Waals surface area (Å²) in [6.07, 6.45) is 0.351. The van der Waals surface area contributed by atoms with E-state index in [2.05, 4.69) is 10.3 Å². The summed E-state index contributed by atoms with van der Waals surface area (Å²) >= 11 is 0. The number of carbonyl (C=O) groups is 1. The molecule has 0 heterocycles. The fourth-order valence-corrected chi connectivity index (χ4v) is 1.99. The monoisotopic (exact) mass is 384 g/mol. The summed E-state index contributed by atoms with van der Waals surface area (Å²) in [5, 5.41) is 12.6. The number of rotatable bonds is 8. The summed E-state index contributed by atoms with van der Waals surface area (Å²) < 4.78 is 58.5. The molecule has 10 nitrogen and oxygen atoms in total. The molecule has 0 aliphatic heterocycles. The van der Waals surface area contributed by atoms with Crippen molar-refractivity contribution >= 4 is 55.1 Å². The Kier molecular flexibility index (Phi) is 16.6. The Bertz CT molecular complexity index is 555. The van der Waals surface area contributed by atoms with Gasteiger partial charge in [0.05, 0.1) is 15.9 Å². The zero-order valence-corrected chi connectivity index (χ0v) is 16.1. The molecule has 0 radical (unpaired) electrons. The molecule has 0 unspecified atom stereocenters. The van der Waals surface area contributed by atoms with E-state index in [-0.39, 0.29) is 66.5 Å². The van der Waals surface area contributed by atoms with Crippen LogP contribution in [0, 0.1) is 0 Å². The number of nitrogens with one attached hydrogen (secondary N) is 1. The van der Waals surface area contributed by atoms with Crippen molar-refractivity contribution in [3.63, 3.8) is 0 Å². The molecular formula is C10H20MgN2O8S2. The molecule has 0 atom stereocenters. The average Bonchev–Trinajstić information content (AvgIpc) is 2.28. The Morgan fingerprint density at radius 2 is 1.65 bits per heavy atom. The van der Waals surface area contributed by atoms with Gasteiger partial charge in [-0.3, -0.25) is 9.35 Å². The Balaban J connectivity index is -0.000000333. The first-order valence-corrected chi connectivity index (χ1v) is 9.33. The van der Waals surface area contributed by atoms with E-state index in [0.29, 0.717) is 0 Å². The molecule has 0 aliphatic carbocycles. The first kappa shape index (κ1) is 27.4. The van der Waals surface area contributed by atoms with Crippen LogP contribution in [0.25, 0.3) is 0 Å². The molecule has 0 bridgehead atoms. The van der Waals surface area contributed by atoms with Gasteiger partial charge in [-0.2, -0.15) is 8.42 Å². The van der Waals surface area contributed by atoms with Crippen LogP contribution >= 0.6 is 0 Å². The van der Waals surface area contributed by atoms with Crippen LogP contribution in [-0.4, -0.2) is 85.4 Å². The molecule has 132 valence electrons. The van der Waals surface area contributed by atoms with Crippen molar-refractivity contribution < 1.29 is 35.8 Å². The summed E-state index contributed by atoms with van der Waals surface area (Å²) in [6.45, 7) is 2.99. The Hall–Kier alpha value is -0.474. The van der Waals surface area contributed by atoms with E-state index >= 15 is 0 Å². The van der Waals surface area contributed by atoms with Gasteiger partial charge >= 0.3 is 23.1 Å². The predicted octanol–water partition coefficient (Wildman–Crippen LogP) is -2.28. The van der Waals surface area contributed by atoms with E-state index in [1.54, 1.807) is 0 Å². The zero-order chi connectivity index (χ0) is 17.8. The van der Waals surface area contributed by atoms with Gasteiger partial charge in [-0.05, 0) is 25.7 Å². The third-order valence-electron chi connectivity index (χ3n) is 1.84. The molecule has 0 rings (SSSR count). The quantitative estimate of drug-likeness (QED) is 0.154. The van der Waals surface area contributed by atoms with Gasteiger partial charge in [-0.1, -0.05) is 0 Å². The molecule has 1 amide bonds. The summed E-state index contributed by atoms with van der Waals surface area (Å²) in [6, 6.07) is 0. The fraction of sp³-hybridized carbons (Fsp3) is 0.800. The Labute approximate surface area is 152 Å². The fourth-order valence-electron chi connectivity index (χ4n) is 0.997. The topological polar surface area (TPSA) is 176 Å². The molecule has 0 aromatic carbocycles. The minimum Gasteiger partial charge on any atom is -0.862 e. The Morgan fingerprint density at radius 1 is 1.13 bits per heavy atom. The van der Waals surface area contributed by atoms with Gasteiger partial charge in [-0.25, -0.2) is 8.42 Å². The van der Waals surface area contributed by atoms with Crippen LogP contribution in [0.4, 0.5) is 0 Å². The number of hydrogen-bond donors (Lipinski definition) is 2. The van der Waals surface area contributed by atoms with E-state index in [1.165, 1.54) is 13.8 Å². The second kappa shape index (κ2) is 13.9. The van der Waals surface area contributed by atoms with E-state index in [1.807, 2.05) is 0 Å². The van der Waals surface area contributed by atoms with Gasteiger partial charge in [0.25, 0.3) is 10.1 Å². The maximum atomic E-state index is 10.2. The van der Waals surface area contributed by atoms with Crippen molar-refractivity contribution in [3.05, 3.63) is 0 Å². The summed E-state index contributed by atoms with van der Waals surface area (Å²) in [7, 11) is -8.02. The van der Waals surface area contributed by atoms with Crippen LogP contribution in [0.2, 0.25) is 0 Å². The molecule has 23 heavy (non-hydrogen) atoms. The molecular weight excluding hydrogens is 365 g/mol. The third kappa shape index (κ3) is 34.0. The van der Waals surface area contributed by atoms with Crippen LogP contribution < -0.4 is 10.4 Å². The summed E-state index contributed by atoms with van der Waals surface area (Å²) in [4.78, 5) is 13.6. The average molecular weight is 385 g/mol. The van der Waals surface area contributed by atoms with Gasteiger partial charge in [0, 0.05) is 25.8 Å². The molecule has 0 saturated carbocycles. The summed E-state index contributed by atoms with van der Waals surface area (Å²) in [5.41, 5.74) is 0. The first-order valence-electron chi connectivity index (χ1n) is 6.14. The van der Waals surface area contributed by atoms with Crippen LogP contribution in [0.1, 0.15) is 26.7 Å². The smallest absolute Gasteiger partial charge is 0.862 e. The van der Waals surface area contributed by atoms with Gasteiger partial charge in [0.1, 0.15) is 0 Å². The van der Waals surface area contributed by atoms with Gasteiger partial charge in [0.15, 0.2) is 0 Å². The molecule has 0 aromatic rings. The summed E-state index contributed by atoms with van der Waals surface area (Å²) in [5.74, 6) is -1.33. The van der Waals surface area contributed by atoms with Crippen molar-refractivity contribution in [2.24, 2.45) is 4.99 Å². The van der Waals surface area contributed by atoms with Crippen molar-refractivity contribution in [1.29, 1.82) is 0 Å². The van der Waals surface area contributed by atoms with Crippen LogP contribution in [0.5, 0.6) is 0 Å². The number of carbonyl (C=O) groups excluding carboxylic acids is 1. The largest absolute Gasteiger partial charge is 2.00 e. The zero-order valence-electron chi connectivity index (χ0n) is 13.0. The molecule has 0 spiro atoms. The molecule has 2 N–H and O–H groups in total. The number of aliphatic imine (C=N–C) groups is 1. The minimum atomic E-state index is -4.14. The number of hydrogen-bond acceptors (Lipinski definition) is 8. The van der Waals surface area contributed by atoms with E-state index in [9.17, 15) is 31.3 Å². The van der Waals surface area contributed by atoms with Crippen LogP contribution in [0.3, 0.4) is 0 Å². The number of amides is 1. The molecule has 0 fully saturated rings. The Morgan fingerprint density at radius 3 is 2.00 bits per heavy atom. The second-order valence-electron chi connectivity index (χ2n) is 4.14. The SMILES string of the molecule is CC(=O)NCCCS(=O)(=O)O.CC([O-])=NCCCS(=O)(=O)[O-].[Mg+2]. The standard InChI is InChI=1S/2C5H11NO4S.Mg/c2*1-5(7)6-3-2-4-11(8,9)10;/h2*2-4H2,1H3,(H,6,7)(H,8,9,10);/q;;+2/p-2. The molecule has 0 saturated heterocycles. The van der Waals surface area contributed by atoms with Crippen LogP contribution in [0.15, 0.2) is 4.99 Å². The van der Waals surface area contributed by atoms with Crippen molar-refractivity contribution in [3.8, 4) is 0 Å².